The van der Waals surface area contributed by atoms with E-state index in [9.17, 15) is 4.79 Å². The number of para-hydroxylation sites is 1. The first-order chi connectivity index (χ1) is 13.7. The van der Waals surface area contributed by atoms with Crippen LogP contribution in [0, 0.1) is 6.92 Å². The van der Waals surface area contributed by atoms with Gasteiger partial charge in [0.1, 0.15) is 12.1 Å². The molecular weight excluding hydrogens is 354 g/mol. The Morgan fingerprint density at radius 1 is 1.14 bits per heavy atom. The van der Waals surface area contributed by atoms with Crippen LogP contribution < -0.4 is 5.32 Å². The van der Waals surface area contributed by atoms with Gasteiger partial charge in [-0.2, -0.15) is 14.9 Å². The number of hydrogen-bond donors (Lipinski definition) is 1. The van der Waals surface area contributed by atoms with Gasteiger partial charge in [-0.1, -0.05) is 31.5 Å². The zero-order valence-corrected chi connectivity index (χ0v) is 15.8. The third kappa shape index (κ3) is 3.36. The standard InChI is InChI=1S/C20H21N7O/c1-3-4-10-18(28)24-17-11-14(2)25-27(17)20-16-12-23-26(19(16)21-13-22-20)15-8-6-5-7-9-15/h5-9,11-13H,3-4,10H2,1-2H3,(H,24,28). The highest BCUT2D eigenvalue weighted by Gasteiger charge is 2.17. The van der Waals surface area contributed by atoms with Gasteiger partial charge in [-0.25, -0.2) is 14.6 Å². The molecule has 0 fully saturated rings. The molecule has 0 aliphatic carbocycles. The van der Waals surface area contributed by atoms with Crippen molar-refractivity contribution in [3.63, 3.8) is 0 Å². The second-order valence-corrected chi connectivity index (χ2v) is 6.56. The molecule has 0 aliphatic rings. The molecule has 0 spiro atoms. The summed E-state index contributed by atoms with van der Waals surface area (Å²) < 4.78 is 3.40. The number of aromatic nitrogens is 6. The zero-order chi connectivity index (χ0) is 19.5. The van der Waals surface area contributed by atoms with E-state index in [1.165, 1.54) is 6.33 Å². The molecule has 142 valence electrons. The van der Waals surface area contributed by atoms with Gasteiger partial charge in [0.25, 0.3) is 0 Å². The Hall–Kier alpha value is -3.55. The van der Waals surface area contributed by atoms with Crippen molar-refractivity contribution >= 4 is 22.8 Å². The molecule has 1 amide bonds. The van der Waals surface area contributed by atoms with Crippen LogP contribution in [-0.4, -0.2) is 35.4 Å². The van der Waals surface area contributed by atoms with Crippen molar-refractivity contribution in [2.45, 2.75) is 33.1 Å². The molecule has 28 heavy (non-hydrogen) atoms. The Balaban J connectivity index is 1.76. The summed E-state index contributed by atoms with van der Waals surface area (Å²) in [5.74, 6) is 1.13. The molecule has 4 aromatic rings. The van der Waals surface area contributed by atoms with E-state index in [1.54, 1.807) is 15.6 Å². The molecule has 0 bridgehead atoms. The number of hydrogen-bond acceptors (Lipinski definition) is 5. The van der Waals surface area contributed by atoms with Gasteiger partial charge < -0.3 is 5.32 Å². The number of aryl methyl sites for hydroxylation is 1. The van der Waals surface area contributed by atoms with Crippen LogP contribution in [0.4, 0.5) is 5.82 Å². The number of benzene rings is 1. The summed E-state index contributed by atoms with van der Waals surface area (Å²) in [6.07, 6.45) is 5.50. The first kappa shape index (κ1) is 17.8. The summed E-state index contributed by atoms with van der Waals surface area (Å²) in [6, 6.07) is 11.6. The van der Waals surface area contributed by atoms with Crippen LogP contribution >= 0.6 is 0 Å². The topological polar surface area (TPSA) is 90.5 Å². The summed E-state index contributed by atoms with van der Waals surface area (Å²) in [7, 11) is 0. The van der Waals surface area contributed by atoms with Crippen molar-refractivity contribution in [1.29, 1.82) is 0 Å². The molecule has 0 saturated heterocycles. The van der Waals surface area contributed by atoms with Crippen molar-refractivity contribution in [2.75, 3.05) is 5.32 Å². The molecule has 0 aliphatic heterocycles. The van der Waals surface area contributed by atoms with E-state index >= 15 is 0 Å². The summed E-state index contributed by atoms with van der Waals surface area (Å²) in [5, 5.41) is 12.7. The number of carbonyl (C=O) groups is 1. The molecule has 8 nitrogen and oxygen atoms in total. The predicted octanol–water partition coefficient (Wildman–Crippen LogP) is 3.44. The fourth-order valence-corrected chi connectivity index (χ4v) is 3.05. The minimum Gasteiger partial charge on any atom is -0.311 e. The monoisotopic (exact) mass is 375 g/mol. The summed E-state index contributed by atoms with van der Waals surface area (Å²) in [4.78, 5) is 21.0. The molecule has 4 rings (SSSR count). The number of nitrogens with zero attached hydrogens (tertiary/aromatic N) is 6. The average Bonchev–Trinajstić information content (AvgIpc) is 3.30. The lowest BCUT2D eigenvalue weighted by molar-refractivity contribution is -0.116. The van der Waals surface area contributed by atoms with Crippen molar-refractivity contribution in [3.05, 3.63) is 54.6 Å². The van der Waals surface area contributed by atoms with E-state index in [0.29, 0.717) is 23.7 Å². The fourth-order valence-electron chi connectivity index (χ4n) is 3.05. The maximum absolute atomic E-state index is 12.2. The average molecular weight is 375 g/mol. The maximum Gasteiger partial charge on any atom is 0.225 e. The first-order valence-electron chi connectivity index (χ1n) is 9.28. The molecule has 3 heterocycles. The lowest BCUT2D eigenvalue weighted by atomic mass is 10.2. The van der Waals surface area contributed by atoms with Gasteiger partial charge in [-0.05, 0) is 25.5 Å². The van der Waals surface area contributed by atoms with Crippen molar-refractivity contribution < 1.29 is 4.79 Å². The normalized spacial score (nSPS) is 11.1. The minimum atomic E-state index is -0.0340. The van der Waals surface area contributed by atoms with Gasteiger partial charge in [-0.15, -0.1) is 0 Å². The Labute approximate surface area is 162 Å². The van der Waals surface area contributed by atoms with Gasteiger partial charge in [0, 0.05) is 12.5 Å². The van der Waals surface area contributed by atoms with Gasteiger partial charge >= 0.3 is 0 Å². The number of fused-ring (bicyclic) bond motifs is 1. The largest absolute Gasteiger partial charge is 0.311 e. The van der Waals surface area contributed by atoms with Crippen LogP contribution in [0.3, 0.4) is 0 Å². The summed E-state index contributed by atoms with van der Waals surface area (Å²) >= 11 is 0. The molecule has 0 radical (unpaired) electrons. The number of carbonyl (C=O) groups excluding carboxylic acids is 1. The van der Waals surface area contributed by atoms with E-state index < -0.39 is 0 Å². The van der Waals surface area contributed by atoms with Crippen molar-refractivity contribution in [2.24, 2.45) is 0 Å². The highest BCUT2D eigenvalue weighted by molar-refractivity contribution is 5.91. The number of nitrogens with one attached hydrogen (secondary N) is 1. The molecule has 0 saturated carbocycles. The van der Waals surface area contributed by atoms with Gasteiger partial charge in [0.2, 0.25) is 5.91 Å². The van der Waals surface area contributed by atoms with E-state index in [-0.39, 0.29) is 5.91 Å². The highest BCUT2D eigenvalue weighted by atomic mass is 16.1. The van der Waals surface area contributed by atoms with E-state index in [0.717, 1.165) is 29.6 Å². The van der Waals surface area contributed by atoms with E-state index in [1.807, 2.05) is 43.3 Å². The quantitative estimate of drug-likeness (QED) is 0.557. The molecule has 1 aromatic carbocycles. The molecule has 0 unspecified atom stereocenters. The number of anilines is 1. The number of amides is 1. The third-order valence-corrected chi connectivity index (χ3v) is 4.40. The smallest absolute Gasteiger partial charge is 0.225 e. The Bertz CT molecular complexity index is 1110. The molecule has 3 aromatic heterocycles. The Morgan fingerprint density at radius 2 is 1.96 bits per heavy atom. The summed E-state index contributed by atoms with van der Waals surface area (Å²) in [5.41, 5.74) is 2.37. The molecular formula is C20H21N7O. The maximum atomic E-state index is 12.2. The van der Waals surface area contributed by atoms with Gasteiger partial charge in [-0.3, -0.25) is 4.79 Å². The third-order valence-electron chi connectivity index (χ3n) is 4.40. The van der Waals surface area contributed by atoms with E-state index in [4.69, 9.17) is 0 Å². The van der Waals surface area contributed by atoms with Crippen molar-refractivity contribution in [3.8, 4) is 11.5 Å². The number of unbranched alkanes of at least 4 members (excludes halogenated alkanes) is 1. The summed E-state index contributed by atoms with van der Waals surface area (Å²) in [6.45, 7) is 3.94. The lowest BCUT2D eigenvalue weighted by Gasteiger charge is -2.09. The van der Waals surface area contributed by atoms with Crippen LogP contribution in [0.15, 0.2) is 48.9 Å². The highest BCUT2D eigenvalue weighted by Crippen LogP contribution is 2.24. The SMILES string of the molecule is CCCCC(=O)Nc1cc(C)nn1-c1ncnc2c1cnn2-c1ccccc1. The second kappa shape index (κ2) is 7.59. The zero-order valence-electron chi connectivity index (χ0n) is 15.8. The minimum absolute atomic E-state index is 0.0340. The predicted molar refractivity (Wildman–Crippen MR) is 107 cm³/mol. The number of rotatable bonds is 6. The molecule has 1 N–H and O–H groups in total. The van der Waals surface area contributed by atoms with Gasteiger partial charge in [0.15, 0.2) is 11.5 Å². The lowest BCUT2D eigenvalue weighted by Crippen LogP contribution is -2.15. The second-order valence-electron chi connectivity index (χ2n) is 6.56. The fraction of sp³-hybridized carbons (Fsp3) is 0.250. The van der Waals surface area contributed by atoms with Crippen LogP contribution in [0.1, 0.15) is 31.9 Å². The molecule has 8 heteroatoms. The van der Waals surface area contributed by atoms with Crippen LogP contribution in [0.5, 0.6) is 0 Å². The Morgan fingerprint density at radius 3 is 2.75 bits per heavy atom. The van der Waals surface area contributed by atoms with E-state index in [2.05, 4.69) is 32.4 Å². The van der Waals surface area contributed by atoms with Gasteiger partial charge in [0.05, 0.1) is 23.0 Å². The van der Waals surface area contributed by atoms with Crippen LogP contribution in [-0.2, 0) is 4.79 Å². The van der Waals surface area contributed by atoms with Crippen LogP contribution in [0.2, 0.25) is 0 Å². The molecule has 0 atom stereocenters. The Kier molecular flexibility index (Phi) is 4.84. The van der Waals surface area contributed by atoms with Crippen molar-refractivity contribution in [1.82, 2.24) is 29.5 Å². The van der Waals surface area contributed by atoms with Crippen LogP contribution in [0.25, 0.3) is 22.5 Å². The first-order valence-corrected chi connectivity index (χ1v) is 9.28.